The summed E-state index contributed by atoms with van der Waals surface area (Å²) in [6, 6.07) is 13.0. The van der Waals surface area contributed by atoms with E-state index in [1.165, 1.54) is 11.3 Å². The number of esters is 1. The third-order valence-electron chi connectivity index (χ3n) is 3.27. The van der Waals surface area contributed by atoms with Gasteiger partial charge in [0.05, 0.1) is 23.7 Å². The maximum atomic E-state index is 12.0. The average Bonchev–Trinajstić information content (AvgIpc) is 2.96. The molecule has 0 N–H and O–H groups in total. The van der Waals surface area contributed by atoms with Gasteiger partial charge in [-0.2, -0.15) is 0 Å². The van der Waals surface area contributed by atoms with Crippen molar-refractivity contribution in [2.45, 2.75) is 13.0 Å². The molecule has 0 unspecified atom stereocenters. The van der Waals surface area contributed by atoms with E-state index in [-0.39, 0.29) is 19.0 Å². The molecule has 1 heterocycles. The molecule has 118 valence electrons. The van der Waals surface area contributed by atoms with Crippen molar-refractivity contribution in [2.75, 3.05) is 7.11 Å². The van der Waals surface area contributed by atoms with Gasteiger partial charge in [-0.3, -0.25) is 4.79 Å². The van der Waals surface area contributed by atoms with E-state index in [2.05, 4.69) is 4.98 Å². The number of hydrogen-bond donors (Lipinski definition) is 0. The molecule has 2 aromatic carbocycles. The Morgan fingerprint density at radius 2 is 2.09 bits per heavy atom. The van der Waals surface area contributed by atoms with Crippen LogP contribution in [0.2, 0.25) is 5.02 Å². The minimum absolute atomic E-state index is 0.106. The van der Waals surface area contributed by atoms with Crippen LogP contribution in [0.4, 0.5) is 0 Å². The van der Waals surface area contributed by atoms with Crippen LogP contribution >= 0.6 is 22.9 Å². The van der Waals surface area contributed by atoms with Crippen LogP contribution < -0.4 is 4.74 Å². The van der Waals surface area contributed by atoms with Crippen molar-refractivity contribution in [1.29, 1.82) is 0 Å². The highest BCUT2D eigenvalue weighted by atomic mass is 35.5. The second-order valence-electron chi connectivity index (χ2n) is 4.87. The summed E-state index contributed by atoms with van der Waals surface area (Å²) in [6.07, 6.45) is 0.106. The van der Waals surface area contributed by atoms with Crippen LogP contribution in [0.15, 0.2) is 42.5 Å². The first-order valence-corrected chi connectivity index (χ1v) is 8.17. The lowest BCUT2D eigenvalue weighted by Crippen LogP contribution is -2.09. The van der Waals surface area contributed by atoms with E-state index in [1.807, 2.05) is 24.3 Å². The molecule has 0 aliphatic heterocycles. The normalized spacial score (nSPS) is 10.7. The van der Waals surface area contributed by atoms with Crippen LogP contribution in [0.25, 0.3) is 10.2 Å². The molecule has 0 spiro atoms. The van der Waals surface area contributed by atoms with Gasteiger partial charge in [-0.05, 0) is 30.3 Å². The van der Waals surface area contributed by atoms with Gasteiger partial charge in [0.25, 0.3) is 0 Å². The second-order valence-corrected chi connectivity index (χ2v) is 6.42. The molecule has 0 fully saturated rings. The van der Waals surface area contributed by atoms with Crippen molar-refractivity contribution in [1.82, 2.24) is 4.98 Å². The summed E-state index contributed by atoms with van der Waals surface area (Å²) < 4.78 is 11.6. The number of para-hydroxylation sites is 1. The van der Waals surface area contributed by atoms with E-state index in [1.54, 1.807) is 25.3 Å². The molecule has 23 heavy (non-hydrogen) atoms. The van der Waals surface area contributed by atoms with Crippen molar-refractivity contribution in [3.63, 3.8) is 0 Å². The first kappa shape index (κ1) is 15.8. The summed E-state index contributed by atoms with van der Waals surface area (Å²) in [5.74, 6) is 0.274. The molecule has 0 bridgehead atoms. The molecule has 1 aromatic heterocycles. The second kappa shape index (κ2) is 6.98. The summed E-state index contributed by atoms with van der Waals surface area (Å²) in [5.41, 5.74) is 1.62. The van der Waals surface area contributed by atoms with Crippen LogP contribution in [0.1, 0.15) is 10.6 Å². The Morgan fingerprint density at radius 3 is 2.87 bits per heavy atom. The van der Waals surface area contributed by atoms with Gasteiger partial charge in [-0.25, -0.2) is 4.98 Å². The van der Waals surface area contributed by atoms with E-state index in [9.17, 15) is 4.79 Å². The van der Waals surface area contributed by atoms with Crippen LogP contribution in [0, 0.1) is 0 Å². The number of carbonyl (C=O) groups is 1. The van der Waals surface area contributed by atoms with E-state index in [4.69, 9.17) is 21.1 Å². The summed E-state index contributed by atoms with van der Waals surface area (Å²) >= 11 is 7.48. The number of methoxy groups -OCH3 is 1. The third kappa shape index (κ3) is 3.81. The molecule has 6 heteroatoms. The SMILES string of the molecule is COc1ccc(Cl)cc1CC(=O)OCc1nc2ccccc2s1. The van der Waals surface area contributed by atoms with Gasteiger partial charge in [-0.1, -0.05) is 23.7 Å². The smallest absolute Gasteiger partial charge is 0.310 e. The van der Waals surface area contributed by atoms with Gasteiger partial charge in [0.15, 0.2) is 0 Å². The Balaban J connectivity index is 1.64. The van der Waals surface area contributed by atoms with Crippen LogP contribution in [0.5, 0.6) is 5.75 Å². The number of aromatic nitrogens is 1. The minimum Gasteiger partial charge on any atom is -0.496 e. The molecule has 4 nitrogen and oxygen atoms in total. The highest BCUT2D eigenvalue weighted by Gasteiger charge is 2.12. The largest absolute Gasteiger partial charge is 0.496 e. The third-order valence-corrected chi connectivity index (χ3v) is 4.52. The molecule has 0 atom stereocenters. The molecular weight excluding hydrogens is 334 g/mol. The summed E-state index contributed by atoms with van der Waals surface area (Å²) in [5, 5.41) is 1.33. The minimum atomic E-state index is -0.343. The van der Waals surface area contributed by atoms with Gasteiger partial charge in [0, 0.05) is 10.6 Å². The first-order valence-electron chi connectivity index (χ1n) is 6.98. The van der Waals surface area contributed by atoms with Crippen molar-refractivity contribution in [3.05, 3.63) is 58.1 Å². The van der Waals surface area contributed by atoms with Gasteiger partial charge >= 0.3 is 5.97 Å². The van der Waals surface area contributed by atoms with Crippen molar-refractivity contribution in [2.24, 2.45) is 0 Å². The summed E-state index contributed by atoms with van der Waals surface area (Å²) in [6.45, 7) is 0.168. The molecule has 0 amide bonds. The zero-order valence-electron chi connectivity index (χ0n) is 12.4. The Bertz CT molecular complexity index is 814. The fourth-order valence-electron chi connectivity index (χ4n) is 2.22. The Morgan fingerprint density at radius 1 is 1.26 bits per heavy atom. The Kier molecular flexibility index (Phi) is 4.79. The van der Waals surface area contributed by atoms with Crippen LogP contribution in [-0.2, 0) is 22.6 Å². The molecule has 0 saturated heterocycles. The lowest BCUT2D eigenvalue weighted by molar-refractivity contribution is -0.144. The monoisotopic (exact) mass is 347 g/mol. The van der Waals surface area contributed by atoms with Crippen LogP contribution in [0.3, 0.4) is 0 Å². The molecule has 0 aliphatic carbocycles. The predicted molar refractivity (Wildman–Crippen MR) is 91.1 cm³/mol. The first-order chi connectivity index (χ1) is 11.2. The van der Waals surface area contributed by atoms with Gasteiger partial charge in [0.1, 0.15) is 17.4 Å². The number of rotatable bonds is 5. The van der Waals surface area contributed by atoms with Crippen LogP contribution in [-0.4, -0.2) is 18.1 Å². The summed E-state index contributed by atoms with van der Waals surface area (Å²) in [7, 11) is 1.55. The van der Waals surface area contributed by atoms with E-state index >= 15 is 0 Å². The molecule has 3 aromatic rings. The van der Waals surface area contributed by atoms with Gasteiger partial charge in [-0.15, -0.1) is 11.3 Å². The molecule has 0 aliphatic rings. The topological polar surface area (TPSA) is 48.4 Å². The fourth-order valence-corrected chi connectivity index (χ4v) is 3.29. The quantitative estimate of drug-likeness (QED) is 0.647. The lowest BCUT2D eigenvalue weighted by atomic mass is 10.1. The Labute approximate surface area is 142 Å². The molecule has 0 saturated carbocycles. The fraction of sp³-hybridized carbons (Fsp3) is 0.176. The van der Waals surface area contributed by atoms with E-state index < -0.39 is 0 Å². The van der Waals surface area contributed by atoms with Crippen molar-refractivity contribution >= 4 is 39.1 Å². The number of benzene rings is 2. The number of carbonyl (C=O) groups excluding carboxylic acids is 1. The Hall–Kier alpha value is -2.11. The zero-order valence-corrected chi connectivity index (χ0v) is 14.0. The highest BCUT2D eigenvalue weighted by Crippen LogP contribution is 2.24. The molecule has 3 rings (SSSR count). The van der Waals surface area contributed by atoms with Crippen molar-refractivity contribution < 1.29 is 14.3 Å². The highest BCUT2D eigenvalue weighted by molar-refractivity contribution is 7.18. The predicted octanol–water partition coefficient (Wildman–Crippen LogP) is 4.24. The summed E-state index contributed by atoms with van der Waals surface area (Å²) in [4.78, 5) is 16.5. The lowest BCUT2D eigenvalue weighted by Gasteiger charge is -2.08. The zero-order chi connectivity index (χ0) is 16.2. The van der Waals surface area contributed by atoms with E-state index in [0.29, 0.717) is 16.3 Å². The number of hydrogen-bond acceptors (Lipinski definition) is 5. The van der Waals surface area contributed by atoms with Gasteiger partial charge < -0.3 is 9.47 Å². The number of halogens is 1. The number of thiazole rings is 1. The molecular formula is C17H14ClNO3S. The maximum Gasteiger partial charge on any atom is 0.310 e. The molecule has 0 radical (unpaired) electrons. The number of fused-ring (bicyclic) bond motifs is 1. The van der Waals surface area contributed by atoms with Crippen molar-refractivity contribution in [3.8, 4) is 5.75 Å². The number of ether oxygens (including phenoxy) is 2. The maximum absolute atomic E-state index is 12.0. The average molecular weight is 348 g/mol. The standard InChI is InChI=1S/C17H14ClNO3S/c1-21-14-7-6-12(18)8-11(14)9-17(20)22-10-16-19-13-4-2-3-5-15(13)23-16/h2-8H,9-10H2,1H3. The van der Waals surface area contributed by atoms with Gasteiger partial charge in [0.2, 0.25) is 0 Å². The number of nitrogens with zero attached hydrogens (tertiary/aromatic N) is 1. The van der Waals surface area contributed by atoms with E-state index in [0.717, 1.165) is 15.2 Å².